The van der Waals surface area contributed by atoms with Crippen LogP contribution in [0.2, 0.25) is 0 Å². The van der Waals surface area contributed by atoms with Gasteiger partial charge in [-0.2, -0.15) is 5.26 Å². The van der Waals surface area contributed by atoms with Gasteiger partial charge in [-0.1, -0.05) is 30.3 Å². The zero-order valence-corrected chi connectivity index (χ0v) is 12.6. The van der Waals surface area contributed by atoms with E-state index in [2.05, 4.69) is 13.0 Å². The molecule has 0 bridgehead atoms. The lowest BCUT2D eigenvalue weighted by atomic mass is 10.0. The van der Waals surface area contributed by atoms with E-state index in [1.807, 2.05) is 31.2 Å². The van der Waals surface area contributed by atoms with Gasteiger partial charge in [0.15, 0.2) is 0 Å². The summed E-state index contributed by atoms with van der Waals surface area (Å²) in [6.45, 7) is 4.09. The van der Waals surface area contributed by atoms with E-state index < -0.39 is 0 Å². The fraction of sp³-hybridized carbons (Fsp3) is 0.222. The third-order valence-corrected chi connectivity index (χ3v) is 3.69. The Hall–Kier alpha value is -2.60. The number of rotatable bonds is 3. The molecule has 2 aromatic rings. The lowest BCUT2D eigenvalue weighted by Crippen LogP contribution is -2.28. The number of anilines is 1. The van der Waals surface area contributed by atoms with E-state index in [9.17, 15) is 4.79 Å². The molecule has 2 aromatic carbocycles. The maximum Gasteiger partial charge on any atom is 0.231 e. The first kappa shape index (κ1) is 14.8. The van der Waals surface area contributed by atoms with Gasteiger partial charge in [-0.15, -0.1) is 0 Å². The van der Waals surface area contributed by atoms with Crippen molar-refractivity contribution in [2.24, 2.45) is 0 Å². The van der Waals surface area contributed by atoms with Gasteiger partial charge in [0.05, 0.1) is 17.7 Å². The van der Waals surface area contributed by atoms with Crippen molar-refractivity contribution in [3.63, 3.8) is 0 Å². The summed E-state index contributed by atoms with van der Waals surface area (Å²) >= 11 is 0. The van der Waals surface area contributed by atoms with Gasteiger partial charge in [-0.3, -0.25) is 4.79 Å². The van der Waals surface area contributed by atoms with Crippen molar-refractivity contribution in [3.05, 3.63) is 64.7 Å². The fourth-order valence-electron chi connectivity index (χ4n) is 2.20. The molecular formula is C18H18N2O. The number of carbonyl (C=O) groups excluding carboxylic acids is 1. The Labute approximate surface area is 125 Å². The van der Waals surface area contributed by atoms with Gasteiger partial charge in [0.2, 0.25) is 5.91 Å². The SMILES string of the molecule is Cc1ccc(CC(=O)N(C)c2ccccc2C#N)cc1C. The quantitative estimate of drug-likeness (QED) is 0.864. The second kappa shape index (κ2) is 6.23. The molecular weight excluding hydrogens is 260 g/mol. The molecule has 0 heterocycles. The molecule has 0 saturated heterocycles. The second-order valence-corrected chi connectivity index (χ2v) is 5.18. The second-order valence-electron chi connectivity index (χ2n) is 5.18. The molecule has 0 N–H and O–H groups in total. The van der Waals surface area contributed by atoms with E-state index in [0.717, 1.165) is 5.56 Å². The summed E-state index contributed by atoms with van der Waals surface area (Å²) < 4.78 is 0. The van der Waals surface area contributed by atoms with Crippen molar-refractivity contribution in [1.82, 2.24) is 0 Å². The van der Waals surface area contributed by atoms with Crippen LogP contribution in [0.1, 0.15) is 22.3 Å². The third-order valence-electron chi connectivity index (χ3n) is 3.69. The maximum atomic E-state index is 12.4. The summed E-state index contributed by atoms with van der Waals surface area (Å²) in [7, 11) is 1.71. The number of benzene rings is 2. The topological polar surface area (TPSA) is 44.1 Å². The van der Waals surface area contributed by atoms with Crippen molar-refractivity contribution in [1.29, 1.82) is 5.26 Å². The van der Waals surface area contributed by atoms with Crippen LogP contribution in [0.25, 0.3) is 0 Å². The predicted octanol–water partition coefficient (Wildman–Crippen LogP) is 3.38. The molecule has 0 fully saturated rings. The highest BCUT2D eigenvalue weighted by atomic mass is 16.2. The number of nitrogens with zero attached hydrogens (tertiary/aromatic N) is 2. The molecule has 0 spiro atoms. The van der Waals surface area contributed by atoms with Crippen LogP contribution in [-0.2, 0) is 11.2 Å². The van der Waals surface area contributed by atoms with Crippen molar-refractivity contribution < 1.29 is 4.79 Å². The number of nitriles is 1. The van der Waals surface area contributed by atoms with Crippen molar-refractivity contribution >= 4 is 11.6 Å². The van der Waals surface area contributed by atoms with Crippen LogP contribution in [0.5, 0.6) is 0 Å². The summed E-state index contributed by atoms with van der Waals surface area (Å²) in [5, 5.41) is 9.12. The standard InChI is InChI=1S/C18H18N2O/c1-13-8-9-15(10-14(13)2)11-18(21)20(3)17-7-5-4-6-16(17)12-19/h4-10H,11H2,1-3H3. The minimum atomic E-state index is -0.0269. The average molecular weight is 278 g/mol. The Bertz CT molecular complexity index is 713. The molecule has 0 aliphatic heterocycles. The summed E-state index contributed by atoms with van der Waals surface area (Å²) in [6.07, 6.45) is 0.331. The lowest BCUT2D eigenvalue weighted by molar-refractivity contribution is -0.117. The molecule has 0 unspecified atom stereocenters. The lowest BCUT2D eigenvalue weighted by Gasteiger charge is -2.18. The molecule has 0 aliphatic rings. The molecule has 0 aromatic heterocycles. The Morgan fingerprint density at radius 3 is 2.52 bits per heavy atom. The number of aryl methyl sites for hydroxylation is 2. The molecule has 3 heteroatoms. The van der Waals surface area contributed by atoms with E-state index in [4.69, 9.17) is 5.26 Å². The number of hydrogen-bond acceptors (Lipinski definition) is 2. The van der Waals surface area contributed by atoms with Crippen LogP contribution in [0.4, 0.5) is 5.69 Å². The number of carbonyl (C=O) groups is 1. The van der Waals surface area contributed by atoms with Crippen LogP contribution in [0.3, 0.4) is 0 Å². The smallest absolute Gasteiger partial charge is 0.231 e. The van der Waals surface area contributed by atoms with E-state index in [-0.39, 0.29) is 5.91 Å². The highest BCUT2D eigenvalue weighted by molar-refractivity contribution is 5.95. The molecule has 21 heavy (non-hydrogen) atoms. The molecule has 2 rings (SSSR count). The van der Waals surface area contributed by atoms with E-state index in [0.29, 0.717) is 17.7 Å². The van der Waals surface area contributed by atoms with E-state index in [1.54, 1.807) is 30.1 Å². The molecule has 0 atom stereocenters. The van der Waals surface area contributed by atoms with Gasteiger partial charge in [0.1, 0.15) is 6.07 Å². The first-order valence-electron chi connectivity index (χ1n) is 6.84. The minimum absolute atomic E-state index is 0.0269. The number of amides is 1. The van der Waals surface area contributed by atoms with Crippen LogP contribution in [0.15, 0.2) is 42.5 Å². The van der Waals surface area contributed by atoms with E-state index in [1.165, 1.54) is 11.1 Å². The van der Waals surface area contributed by atoms with Crippen LogP contribution in [-0.4, -0.2) is 13.0 Å². The Morgan fingerprint density at radius 2 is 1.86 bits per heavy atom. The van der Waals surface area contributed by atoms with Crippen LogP contribution < -0.4 is 4.90 Å². The Morgan fingerprint density at radius 1 is 1.14 bits per heavy atom. The normalized spacial score (nSPS) is 10.0. The van der Waals surface area contributed by atoms with Crippen molar-refractivity contribution in [2.45, 2.75) is 20.3 Å². The third kappa shape index (κ3) is 3.29. The largest absolute Gasteiger partial charge is 0.314 e. The molecule has 0 radical (unpaired) electrons. The zero-order valence-electron chi connectivity index (χ0n) is 12.6. The fourth-order valence-corrected chi connectivity index (χ4v) is 2.20. The summed E-state index contributed by atoms with van der Waals surface area (Å²) in [5.74, 6) is -0.0269. The number of likely N-dealkylation sites (N-methyl/N-ethyl adjacent to an activating group) is 1. The Kier molecular flexibility index (Phi) is 4.39. The number of hydrogen-bond donors (Lipinski definition) is 0. The van der Waals surface area contributed by atoms with Crippen LogP contribution >= 0.6 is 0 Å². The summed E-state index contributed by atoms with van der Waals surface area (Å²) in [6, 6.07) is 15.3. The molecule has 1 amide bonds. The van der Waals surface area contributed by atoms with Crippen molar-refractivity contribution in [2.75, 3.05) is 11.9 Å². The predicted molar refractivity (Wildman–Crippen MR) is 84.2 cm³/mol. The van der Waals surface area contributed by atoms with Gasteiger partial charge < -0.3 is 4.90 Å². The number of para-hydroxylation sites is 1. The average Bonchev–Trinajstić information content (AvgIpc) is 2.50. The first-order chi connectivity index (χ1) is 10.0. The highest BCUT2D eigenvalue weighted by Crippen LogP contribution is 2.19. The highest BCUT2D eigenvalue weighted by Gasteiger charge is 2.14. The zero-order chi connectivity index (χ0) is 15.4. The summed E-state index contributed by atoms with van der Waals surface area (Å²) in [4.78, 5) is 13.9. The Balaban J connectivity index is 2.20. The van der Waals surface area contributed by atoms with Crippen molar-refractivity contribution in [3.8, 4) is 6.07 Å². The van der Waals surface area contributed by atoms with Gasteiger partial charge in [-0.05, 0) is 42.7 Å². The van der Waals surface area contributed by atoms with Gasteiger partial charge in [-0.25, -0.2) is 0 Å². The molecule has 0 saturated carbocycles. The van der Waals surface area contributed by atoms with Gasteiger partial charge >= 0.3 is 0 Å². The maximum absolute atomic E-state index is 12.4. The molecule has 0 aliphatic carbocycles. The molecule has 106 valence electrons. The first-order valence-corrected chi connectivity index (χ1v) is 6.84. The van der Waals surface area contributed by atoms with Gasteiger partial charge in [0.25, 0.3) is 0 Å². The van der Waals surface area contributed by atoms with Crippen LogP contribution in [0, 0.1) is 25.2 Å². The van der Waals surface area contributed by atoms with Gasteiger partial charge in [0, 0.05) is 7.05 Å². The minimum Gasteiger partial charge on any atom is -0.314 e. The monoisotopic (exact) mass is 278 g/mol. The summed E-state index contributed by atoms with van der Waals surface area (Å²) in [5.41, 5.74) is 4.54. The molecule has 3 nitrogen and oxygen atoms in total. The van der Waals surface area contributed by atoms with E-state index >= 15 is 0 Å².